The predicted molar refractivity (Wildman–Crippen MR) is 110 cm³/mol. The molecule has 3 rings (SSSR count). The first-order valence-electron chi connectivity index (χ1n) is 10.1. The van der Waals surface area contributed by atoms with Gasteiger partial charge in [-0.05, 0) is 30.3 Å². The lowest BCUT2D eigenvalue weighted by Gasteiger charge is -2.34. The number of benzene rings is 2. The first-order chi connectivity index (χ1) is 15.6. The van der Waals surface area contributed by atoms with Gasteiger partial charge in [0.15, 0.2) is 11.6 Å². The van der Waals surface area contributed by atoms with Gasteiger partial charge in [-0.15, -0.1) is 0 Å². The number of hydrogen-bond donors (Lipinski definition) is 0. The molecule has 1 aliphatic rings. The third-order valence-electron chi connectivity index (χ3n) is 5.12. The molecule has 1 aliphatic heterocycles. The molecule has 6 nitrogen and oxygen atoms in total. The van der Waals surface area contributed by atoms with Crippen LogP contribution in [0.2, 0.25) is 0 Å². The SMILES string of the molecule is O=S(=O)(c1cccc(OCCN2CCN(CCOc3ccc(F)cc3F)CC2)c1)C(F)(F)F. The van der Waals surface area contributed by atoms with Crippen LogP contribution >= 0.6 is 0 Å². The summed E-state index contributed by atoms with van der Waals surface area (Å²) in [6, 6.07) is 7.49. The Morgan fingerprint density at radius 2 is 1.45 bits per heavy atom. The van der Waals surface area contributed by atoms with E-state index >= 15 is 0 Å². The Bertz CT molecular complexity index is 1040. The van der Waals surface area contributed by atoms with Gasteiger partial charge >= 0.3 is 5.51 Å². The van der Waals surface area contributed by atoms with Gasteiger partial charge in [0.25, 0.3) is 9.84 Å². The van der Waals surface area contributed by atoms with E-state index in [4.69, 9.17) is 9.47 Å². The van der Waals surface area contributed by atoms with E-state index in [-0.39, 0.29) is 24.7 Å². The lowest BCUT2D eigenvalue weighted by molar-refractivity contribution is -0.0436. The number of sulfone groups is 1. The zero-order valence-electron chi connectivity index (χ0n) is 17.5. The molecule has 0 spiro atoms. The molecule has 0 aromatic heterocycles. The van der Waals surface area contributed by atoms with Gasteiger partial charge < -0.3 is 9.47 Å². The fraction of sp³-hybridized carbons (Fsp3) is 0.429. The highest BCUT2D eigenvalue weighted by molar-refractivity contribution is 7.92. The molecule has 2 aromatic carbocycles. The highest BCUT2D eigenvalue weighted by atomic mass is 32.2. The normalized spacial score (nSPS) is 16.0. The maximum Gasteiger partial charge on any atom is 0.501 e. The van der Waals surface area contributed by atoms with E-state index in [1.165, 1.54) is 18.2 Å². The molecule has 0 saturated carbocycles. The molecule has 12 heteroatoms. The van der Waals surface area contributed by atoms with Crippen molar-refractivity contribution in [1.82, 2.24) is 9.80 Å². The summed E-state index contributed by atoms with van der Waals surface area (Å²) >= 11 is 0. The van der Waals surface area contributed by atoms with Crippen LogP contribution in [-0.2, 0) is 9.84 Å². The van der Waals surface area contributed by atoms with Gasteiger partial charge in [-0.2, -0.15) is 13.2 Å². The first-order valence-corrected chi connectivity index (χ1v) is 11.6. The van der Waals surface area contributed by atoms with Crippen molar-refractivity contribution in [3.63, 3.8) is 0 Å². The van der Waals surface area contributed by atoms with Gasteiger partial charge in [-0.3, -0.25) is 9.80 Å². The number of hydrogen-bond acceptors (Lipinski definition) is 6. The molecule has 0 amide bonds. The van der Waals surface area contributed by atoms with Crippen LogP contribution in [0.5, 0.6) is 11.5 Å². The van der Waals surface area contributed by atoms with Crippen LogP contribution in [0.15, 0.2) is 47.4 Å². The van der Waals surface area contributed by atoms with E-state index < -0.39 is 31.9 Å². The highest BCUT2D eigenvalue weighted by Gasteiger charge is 2.46. The monoisotopic (exact) mass is 494 g/mol. The average Bonchev–Trinajstić information content (AvgIpc) is 2.76. The van der Waals surface area contributed by atoms with Crippen LogP contribution in [0.25, 0.3) is 0 Å². The molecule has 0 unspecified atom stereocenters. The summed E-state index contributed by atoms with van der Waals surface area (Å²) in [5.41, 5.74) is -5.37. The number of halogens is 5. The molecule has 0 atom stereocenters. The van der Waals surface area contributed by atoms with E-state index in [9.17, 15) is 30.4 Å². The van der Waals surface area contributed by atoms with Crippen molar-refractivity contribution in [1.29, 1.82) is 0 Å². The van der Waals surface area contributed by atoms with Gasteiger partial charge in [0, 0.05) is 45.3 Å². The molecule has 182 valence electrons. The van der Waals surface area contributed by atoms with Gasteiger partial charge in [0.1, 0.15) is 24.8 Å². The Kier molecular flexibility index (Phi) is 8.14. The maximum atomic E-state index is 13.6. The fourth-order valence-electron chi connectivity index (χ4n) is 3.27. The summed E-state index contributed by atoms with van der Waals surface area (Å²) in [5.74, 6) is -1.37. The zero-order chi connectivity index (χ0) is 24.1. The first kappa shape index (κ1) is 25.2. The fourth-order valence-corrected chi connectivity index (χ4v) is 4.07. The van der Waals surface area contributed by atoms with E-state index in [0.29, 0.717) is 13.1 Å². The third kappa shape index (κ3) is 6.78. The molecule has 0 bridgehead atoms. The zero-order valence-corrected chi connectivity index (χ0v) is 18.3. The summed E-state index contributed by atoms with van der Waals surface area (Å²) in [6.07, 6.45) is 0. The van der Waals surface area contributed by atoms with Crippen LogP contribution in [0.4, 0.5) is 22.0 Å². The Morgan fingerprint density at radius 3 is 2.03 bits per heavy atom. The van der Waals surface area contributed by atoms with Crippen LogP contribution in [0, 0.1) is 11.6 Å². The molecular weight excluding hydrogens is 471 g/mol. The summed E-state index contributed by atoms with van der Waals surface area (Å²) in [6.45, 7) is 4.42. The number of ether oxygens (including phenoxy) is 2. The molecule has 1 heterocycles. The minimum absolute atomic E-state index is 0.000659. The lowest BCUT2D eigenvalue weighted by atomic mass is 10.3. The second kappa shape index (κ2) is 10.7. The standard InChI is InChI=1S/C21H23F5N2O4S/c22-16-4-5-20(19(23)14-16)32-13-11-28-8-6-27(7-9-28)10-12-31-17-2-1-3-18(15-17)33(29,30)21(24,25)26/h1-5,14-15H,6-13H2. The Balaban J connectivity index is 1.38. The molecule has 1 saturated heterocycles. The third-order valence-corrected chi connectivity index (χ3v) is 6.60. The Morgan fingerprint density at radius 1 is 0.848 bits per heavy atom. The number of piperazine rings is 1. The van der Waals surface area contributed by atoms with Gasteiger partial charge in [0.2, 0.25) is 0 Å². The Labute approximate surface area is 188 Å². The van der Waals surface area contributed by atoms with Crippen molar-refractivity contribution >= 4 is 9.84 Å². The van der Waals surface area contributed by atoms with E-state index in [0.717, 1.165) is 50.4 Å². The second-order valence-electron chi connectivity index (χ2n) is 7.38. The highest BCUT2D eigenvalue weighted by Crippen LogP contribution is 2.31. The van der Waals surface area contributed by atoms with Crippen LogP contribution in [0.1, 0.15) is 0 Å². The van der Waals surface area contributed by atoms with Crippen molar-refractivity contribution in [2.75, 3.05) is 52.5 Å². The summed E-state index contributed by atoms with van der Waals surface area (Å²) in [7, 11) is -5.42. The summed E-state index contributed by atoms with van der Waals surface area (Å²) in [4.78, 5) is 3.38. The minimum Gasteiger partial charge on any atom is -0.492 e. The largest absolute Gasteiger partial charge is 0.501 e. The summed E-state index contributed by atoms with van der Waals surface area (Å²) < 4.78 is 98.4. The molecule has 0 aliphatic carbocycles. The van der Waals surface area contributed by atoms with Crippen molar-refractivity contribution in [3.8, 4) is 11.5 Å². The van der Waals surface area contributed by atoms with Crippen molar-refractivity contribution in [2.24, 2.45) is 0 Å². The molecule has 0 radical (unpaired) electrons. The smallest absolute Gasteiger partial charge is 0.492 e. The summed E-state index contributed by atoms with van der Waals surface area (Å²) in [5, 5.41) is 0. The van der Waals surface area contributed by atoms with Gasteiger partial charge in [-0.1, -0.05) is 6.07 Å². The molecule has 1 fully saturated rings. The Hall–Kier alpha value is -2.44. The van der Waals surface area contributed by atoms with Gasteiger partial charge in [0.05, 0.1) is 4.90 Å². The molecule has 33 heavy (non-hydrogen) atoms. The predicted octanol–water partition coefficient (Wildman–Crippen LogP) is 3.33. The second-order valence-corrected chi connectivity index (χ2v) is 9.32. The minimum atomic E-state index is -5.42. The average molecular weight is 494 g/mol. The molecule has 0 N–H and O–H groups in total. The van der Waals surface area contributed by atoms with E-state index in [1.807, 2.05) is 0 Å². The van der Waals surface area contributed by atoms with Crippen LogP contribution in [-0.4, -0.2) is 76.2 Å². The van der Waals surface area contributed by atoms with Crippen molar-refractivity contribution < 1.29 is 39.8 Å². The van der Waals surface area contributed by atoms with Crippen molar-refractivity contribution in [2.45, 2.75) is 10.4 Å². The topological polar surface area (TPSA) is 59.1 Å². The van der Waals surface area contributed by atoms with E-state index in [1.54, 1.807) is 0 Å². The lowest BCUT2D eigenvalue weighted by Crippen LogP contribution is -2.48. The van der Waals surface area contributed by atoms with Gasteiger partial charge in [-0.25, -0.2) is 17.2 Å². The number of nitrogens with zero attached hydrogens (tertiary/aromatic N) is 2. The van der Waals surface area contributed by atoms with Crippen molar-refractivity contribution in [3.05, 3.63) is 54.1 Å². The molecule has 2 aromatic rings. The van der Waals surface area contributed by atoms with Crippen LogP contribution < -0.4 is 9.47 Å². The number of rotatable bonds is 9. The maximum absolute atomic E-state index is 13.6. The molecular formula is C21H23F5N2O4S. The quantitative estimate of drug-likeness (QED) is 0.499. The number of alkyl halides is 3. The van der Waals surface area contributed by atoms with Crippen LogP contribution in [0.3, 0.4) is 0 Å². The van der Waals surface area contributed by atoms with E-state index in [2.05, 4.69) is 9.80 Å².